The lowest BCUT2D eigenvalue weighted by Crippen LogP contribution is -2.32. The summed E-state index contributed by atoms with van der Waals surface area (Å²) in [6, 6.07) is 2.95. The molecule has 7 nitrogen and oxygen atoms in total. The molecule has 4 N–H and O–H groups in total. The third-order valence-corrected chi connectivity index (χ3v) is 4.40. The van der Waals surface area contributed by atoms with Crippen LogP contribution in [-0.2, 0) is 9.53 Å². The maximum absolute atomic E-state index is 12.6. The molecule has 1 aromatic rings. The van der Waals surface area contributed by atoms with E-state index in [-0.39, 0.29) is 29.2 Å². The Bertz CT molecular complexity index is 820. The maximum Gasteiger partial charge on any atom is 0.343 e. The summed E-state index contributed by atoms with van der Waals surface area (Å²) in [5.41, 5.74) is 0.673. The number of ether oxygens (including phenoxy) is 1. The molecule has 2 rings (SSSR count). The van der Waals surface area contributed by atoms with Crippen molar-refractivity contribution in [2.24, 2.45) is 5.92 Å². The first-order valence-electron chi connectivity index (χ1n) is 8.57. The maximum atomic E-state index is 12.6. The van der Waals surface area contributed by atoms with Crippen LogP contribution < -0.4 is 5.32 Å². The van der Waals surface area contributed by atoms with Crippen molar-refractivity contribution in [3.63, 3.8) is 0 Å². The number of aromatic hydroxyl groups is 1. The summed E-state index contributed by atoms with van der Waals surface area (Å²) in [7, 11) is 1.65. The van der Waals surface area contributed by atoms with Gasteiger partial charge >= 0.3 is 5.97 Å². The molecule has 1 aromatic carbocycles. The second-order valence-corrected chi connectivity index (χ2v) is 6.42. The van der Waals surface area contributed by atoms with E-state index in [0.29, 0.717) is 5.69 Å². The molecule has 0 saturated carbocycles. The Labute approximate surface area is 157 Å². The van der Waals surface area contributed by atoms with Gasteiger partial charge in [0.05, 0.1) is 6.10 Å². The molecule has 4 atom stereocenters. The van der Waals surface area contributed by atoms with E-state index in [0.717, 1.165) is 6.08 Å². The zero-order valence-electron chi connectivity index (χ0n) is 15.4. The average Bonchev–Trinajstić information content (AvgIpc) is 2.63. The number of hydrogen-bond acceptors (Lipinski definition) is 7. The number of fused-ring (bicyclic) bond motifs is 1. The molecule has 1 aliphatic heterocycles. The van der Waals surface area contributed by atoms with E-state index in [2.05, 4.69) is 17.2 Å². The van der Waals surface area contributed by atoms with E-state index in [1.807, 2.05) is 0 Å². The van der Waals surface area contributed by atoms with Gasteiger partial charge in [-0.05, 0) is 19.1 Å². The van der Waals surface area contributed by atoms with Crippen LogP contribution in [0.5, 0.6) is 5.75 Å². The van der Waals surface area contributed by atoms with Gasteiger partial charge in [-0.3, -0.25) is 4.79 Å². The topological polar surface area (TPSA) is 116 Å². The SMILES string of the molecule is CNc1cc(O)c2c(c1)C#CCC(O)[C@H](O)C(=O)/C=C\C(C)C(C)OC2=O. The summed E-state index contributed by atoms with van der Waals surface area (Å²) < 4.78 is 5.41. The smallest absolute Gasteiger partial charge is 0.343 e. The molecule has 144 valence electrons. The Hall–Kier alpha value is -2.82. The van der Waals surface area contributed by atoms with Gasteiger partial charge in [0.15, 0.2) is 5.78 Å². The van der Waals surface area contributed by atoms with Crippen LogP contribution >= 0.6 is 0 Å². The standard InChI is InChI=1S/C20H23NO6/c1-11-7-8-16(23)19(25)15(22)6-4-5-13-9-14(21-3)10-17(24)18(13)20(26)27-12(11)2/h7-12,15,19,21-22,24-25H,6H2,1-3H3/b8-7-/t11?,12?,15?,19-/m0/s1. The minimum absolute atomic E-state index is 0.0762. The fourth-order valence-electron chi connectivity index (χ4n) is 2.47. The van der Waals surface area contributed by atoms with Crippen LogP contribution in [0.1, 0.15) is 36.2 Å². The van der Waals surface area contributed by atoms with Crippen molar-refractivity contribution in [3.8, 4) is 17.6 Å². The second kappa shape index (κ2) is 8.71. The van der Waals surface area contributed by atoms with Crippen molar-refractivity contribution in [2.45, 2.75) is 38.6 Å². The number of anilines is 1. The molecule has 0 bridgehead atoms. The molecule has 27 heavy (non-hydrogen) atoms. The van der Waals surface area contributed by atoms with Crippen molar-refractivity contribution in [1.29, 1.82) is 0 Å². The molecular weight excluding hydrogens is 350 g/mol. The number of ketones is 1. The molecule has 0 spiro atoms. The van der Waals surface area contributed by atoms with Crippen molar-refractivity contribution in [3.05, 3.63) is 35.4 Å². The van der Waals surface area contributed by atoms with E-state index in [1.165, 1.54) is 12.1 Å². The summed E-state index contributed by atoms with van der Waals surface area (Å²) in [6.07, 6.45) is -1.10. The molecule has 3 unspecified atom stereocenters. The predicted molar refractivity (Wildman–Crippen MR) is 99.4 cm³/mol. The highest BCUT2D eigenvalue weighted by molar-refractivity contribution is 5.96. The predicted octanol–water partition coefficient (Wildman–Crippen LogP) is 1.22. The largest absolute Gasteiger partial charge is 0.507 e. The van der Waals surface area contributed by atoms with Crippen molar-refractivity contribution >= 4 is 17.4 Å². The van der Waals surface area contributed by atoms with Crippen molar-refractivity contribution in [2.75, 3.05) is 12.4 Å². The van der Waals surface area contributed by atoms with Crippen molar-refractivity contribution in [1.82, 2.24) is 0 Å². The Morgan fingerprint density at radius 2 is 1.93 bits per heavy atom. The highest BCUT2D eigenvalue weighted by atomic mass is 16.5. The van der Waals surface area contributed by atoms with Gasteiger partial charge in [0.2, 0.25) is 0 Å². The molecule has 0 aromatic heterocycles. The first-order valence-corrected chi connectivity index (χ1v) is 8.57. The Morgan fingerprint density at radius 1 is 1.22 bits per heavy atom. The molecular formula is C20H23NO6. The zero-order valence-corrected chi connectivity index (χ0v) is 15.4. The van der Waals surface area contributed by atoms with E-state index in [9.17, 15) is 24.9 Å². The van der Waals surface area contributed by atoms with Crippen LogP contribution in [0.15, 0.2) is 24.3 Å². The van der Waals surface area contributed by atoms with Gasteiger partial charge in [-0.25, -0.2) is 4.79 Å². The molecule has 0 amide bonds. The number of carbonyl (C=O) groups is 2. The highest BCUT2D eigenvalue weighted by Gasteiger charge is 2.25. The zero-order chi connectivity index (χ0) is 20.1. The van der Waals surface area contributed by atoms with Crippen molar-refractivity contribution < 1.29 is 29.6 Å². The number of cyclic esters (lactones) is 1. The van der Waals surface area contributed by atoms with Gasteiger partial charge in [-0.15, -0.1) is 0 Å². The fourth-order valence-corrected chi connectivity index (χ4v) is 2.47. The molecule has 0 radical (unpaired) electrons. The van der Waals surface area contributed by atoms with Crippen LogP contribution in [0.4, 0.5) is 5.69 Å². The Morgan fingerprint density at radius 3 is 2.59 bits per heavy atom. The van der Waals surface area contributed by atoms with Crippen LogP contribution in [-0.4, -0.2) is 52.4 Å². The third-order valence-electron chi connectivity index (χ3n) is 4.40. The first-order chi connectivity index (χ1) is 12.7. The highest BCUT2D eigenvalue weighted by Crippen LogP contribution is 2.28. The van der Waals surface area contributed by atoms with Gasteiger partial charge in [0.1, 0.15) is 23.5 Å². The fraction of sp³-hybridized carbons (Fsp3) is 0.400. The van der Waals surface area contributed by atoms with Crippen LogP contribution in [0.2, 0.25) is 0 Å². The number of hydrogen-bond donors (Lipinski definition) is 4. The van der Waals surface area contributed by atoms with Gasteiger partial charge in [-0.2, -0.15) is 0 Å². The molecule has 0 fully saturated rings. The number of aliphatic hydroxyl groups excluding tert-OH is 2. The summed E-state index contributed by atoms with van der Waals surface area (Å²) >= 11 is 0. The van der Waals surface area contributed by atoms with E-state index in [1.54, 1.807) is 27.0 Å². The monoisotopic (exact) mass is 373 g/mol. The molecule has 0 aliphatic carbocycles. The van der Waals surface area contributed by atoms with Gasteiger partial charge in [0, 0.05) is 36.7 Å². The minimum Gasteiger partial charge on any atom is -0.507 e. The van der Waals surface area contributed by atoms with Gasteiger partial charge in [0.25, 0.3) is 0 Å². The average molecular weight is 373 g/mol. The summed E-state index contributed by atoms with van der Waals surface area (Å²) in [6.45, 7) is 3.39. The lowest BCUT2D eigenvalue weighted by atomic mass is 10.0. The quantitative estimate of drug-likeness (QED) is 0.432. The van der Waals surface area contributed by atoms with E-state index in [4.69, 9.17) is 4.74 Å². The Kier molecular flexibility index (Phi) is 6.61. The first kappa shape index (κ1) is 20.5. The number of phenolic OH excluding ortho intramolecular Hbond substituents is 1. The molecule has 0 saturated heterocycles. The number of nitrogens with one attached hydrogen (secondary N) is 1. The van der Waals surface area contributed by atoms with Gasteiger partial charge < -0.3 is 25.4 Å². The number of benzene rings is 1. The number of esters is 1. The lowest BCUT2D eigenvalue weighted by molar-refractivity contribution is -0.127. The Balaban J connectivity index is 2.53. The summed E-state index contributed by atoms with van der Waals surface area (Å²) in [5.74, 6) is 3.33. The summed E-state index contributed by atoms with van der Waals surface area (Å²) in [4.78, 5) is 24.5. The molecule has 1 heterocycles. The summed E-state index contributed by atoms with van der Waals surface area (Å²) in [5, 5.41) is 33.0. The number of phenols is 1. The minimum atomic E-state index is -1.60. The molecule has 7 heteroatoms. The second-order valence-electron chi connectivity index (χ2n) is 6.42. The number of carbonyl (C=O) groups excluding carboxylic acids is 2. The molecule has 1 aliphatic rings. The van der Waals surface area contributed by atoms with E-state index >= 15 is 0 Å². The number of rotatable bonds is 1. The van der Waals surface area contributed by atoms with Crippen LogP contribution in [0, 0.1) is 17.8 Å². The third kappa shape index (κ3) is 4.88. The van der Waals surface area contributed by atoms with E-state index < -0.39 is 30.1 Å². The number of aliphatic hydroxyl groups is 2. The van der Waals surface area contributed by atoms with Crippen LogP contribution in [0.25, 0.3) is 0 Å². The lowest BCUT2D eigenvalue weighted by Gasteiger charge is -2.19. The van der Waals surface area contributed by atoms with Gasteiger partial charge in [-0.1, -0.05) is 24.8 Å². The normalized spacial score (nSPS) is 27.4. The van der Waals surface area contributed by atoms with Crippen LogP contribution in [0.3, 0.4) is 0 Å².